The van der Waals surface area contributed by atoms with E-state index in [1.165, 1.54) is 24.3 Å². The molecule has 17 heavy (non-hydrogen) atoms. The minimum Gasteiger partial charge on any atom is -0.493 e. The summed E-state index contributed by atoms with van der Waals surface area (Å²) in [6, 6.07) is 5.64. The summed E-state index contributed by atoms with van der Waals surface area (Å²) in [6.07, 6.45) is 0.252. The van der Waals surface area contributed by atoms with Gasteiger partial charge in [-0.2, -0.15) is 0 Å². The van der Waals surface area contributed by atoms with Crippen LogP contribution in [0.1, 0.15) is 13.3 Å². The number of nitrogens with one attached hydrogen (secondary N) is 1. The topological polar surface area (TPSA) is 64.3 Å². The fraction of sp³-hybridized carbons (Fsp3) is 0.417. The molecule has 1 aromatic rings. The highest BCUT2D eigenvalue weighted by Crippen LogP contribution is 2.10. The first-order valence-electron chi connectivity index (χ1n) is 5.49. The van der Waals surface area contributed by atoms with Crippen molar-refractivity contribution in [1.82, 2.24) is 5.32 Å². The molecule has 0 aliphatic carbocycles. The minimum atomic E-state index is -0.313. The second-order valence-corrected chi connectivity index (χ2v) is 3.76. The molecule has 0 aliphatic heterocycles. The number of amides is 1. The molecule has 0 spiro atoms. The van der Waals surface area contributed by atoms with Crippen molar-refractivity contribution < 1.29 is 13.9 Å². The molecule has 3 N–H and O–H groups in total. The molecule has 0 radical (unpaired) electrons. The Morgan fingerprint density at radius 1 is 1.47 bits per heavy atom. The molecule has 1 atom stereocenters. The summed E-state index contributed by atoms with van der Waals surface area (Å²) in [5, 5.41) is 2.72. The molecule has 0 bridgehead atoms. The van der Waals surface area contributed by atoms with Crippen LogP contribution in [0.5, 0.6) is 5.75 Å². The molecule has 0 fully saturated rings. The number of carbonyl (C=O) groups is 1. The smallest absolute Gasteiger partial charge is 0.223 e. The monoisotopic (exact) mass is 240 g/mol. The Balaban J connectivity index is 2.23. The van der Waals surface area contributed by atoms with Crippen LogP contribution in [0.2, 0.25) is 0 Å². The van der Waals surface area contributed by atoms with E-state index >= 15 is 0 Å². The number of hydrogen-bond donors (Lipinski definition) is 2. The van der Waals surface area contributed by atoms with Crippen molar-refractivity contribution in [2.45, 2.75) is 19.4 Å². The lowest BCUT2D eigenvalue weighted by atomic mass is 10.3. The number of rotatable bonds is 6. The molecule has 1 unspecified atom stereocenters. The third kappa shape index (κ3) is 5.31. The average Bonchev–Trinajstić information content (AvgIpc) is 2.31. The molecule has 1 amide bonds. The molecule has 5 heteroatoms. The number of benzene rings is 1. The highest BCUT2D eigenvalue weighted by atomic mass is 19.1. The summed E-state index contributed by atoms with van der Waals surface area (Å²) >= 11 is 0. The van der Waals surface area contributed by atoms with Crippen molar-refractivity contribution in [3.05, 3.63) is 30.1 Å². The Bertz CT molecular complexity index is 354. The van der Waals surface area contributed by atoms with E-state index in [9.17, 15) is 9.18 Å². The number of hydrogen-bond acceptors (Lipinski definition) is 3. The van der Waals surface area contributed by atoms with Gasteiger partial charge in [0.15, 0.2) is 0 Å². The number of ether oxygens (including phenoxy) is 1. The average molecular weight is 240 g/mol. The zero-order valence-electron chi connectivity index (χ0n) is 9.78. The van der Waals surface area contributed by atoms with Crippen molar-refractivity contribution in [1.29, 1.82) is 0 Å². The molecule has 1 rings (SSSR count). The predicted molar refractivity (Wildman–Crippen MR) is 63.2 cm³/mol. The second kappa shape index (κ2) is 6.85. The quantitative estimate of drug-likeness (QED) is 0.781. The fourth-order valence-electron chi connectivity index (χ4n) is 1.20. The van der Waals surface area contributed by atoms with E-state index in [0.29, 0.717) is 12.3 Å². The third-order valence-electron chi connectivity index (χ3n) is 2.17. The highest BCUT2D eigenvalue weighted by Gasteiger charge is 2.05. The molecule has 0 heterocycles. The summed E-state index contributed by atoms with van der Waals surface area (Å²) < 4.78 is 17.9. The molecule has 0 aliphatic rings. The molecule has 94 valence electrons. The lowest BCUT2D eigenvalue weighted by Crippen LogP contribution is -2.38. The largest absolute Gasteiger partial charge is 0.493 e. The van der Waals surface area contributed by atoms with Gasteiger partial charge >= 0.3 is 0 Å². The van der Waals surface area contributed by atoms with Crippen LogP contribution in [-0.2, 0) is 4.79 Å². The molecular formula is C12H17FN2O2. The van der Waals surface area contributed by atoms with Gasteiger partial charge in [0.1, 0.15) is 11.6 Å². The molecule has 0 saturated heterocycles. The van der Waals surface area contributed by atoms with Crippen molar-refractivity contribution in [2.24, 2.45) is 5.73 Å². The number of carbonyl (C=O) groups excluding carboxylic acids is 1. The first-order chi connectivity index (χ1) is 8.11. The SMILES string of the molecule is CC(CN)NC(=O)CCOc1ccc(F)cc1. The minimum absolute atomic E-state index is 0.0340. The van der Waals surface area contributed by atoms with Crippen molar-refractivity contribution in [3.63, 3.8) is 0 Å². The zero-order chi connectivity index (χ0) is 12.7. The Kier molecular flexibility index (Phi) is 5.42. The van der Waals surface area contributed by atoms with Crippen molar-refractivity contribution in [3.8, 4) is 5.75 Å². The van der Waals surface area contributed by atoms with Crippen LogP contribution in [-0.4, -0.2) is 25.1 Å². The summed E-state index contributed by atoms with van der Waals surface area (Å²) in [5.41, 5.74) is 5.37. The Morgan fingerprint density at radius 3 is 2.71 bits per heavy atom. The number of nitrogens with two attached hydrogens (primary N) is 1. The van der Waals surface area contributed by atoms with Gasteiger partial charge in [-0.25, -0.2) is 4.39 Å². The van der Waals surface area contributed by atoms with Gasteiger partial charge in [0, 0.05) is 12.6 Å². The van der Waals surface area contributed by atoms with Crippen LogP contribution in [0.25, 0.3) is 0 Å². The zero-order valence-corrected chi connectivity index (χ0v) is 9.78. The molecule has 0 saturated carbocycles. The van der Waals surface area contributed by atoms with E-state index in [1.54, 1.807) is 0 Å². The maximum atomic E-state index is 12.6. The van der Waals surface area contributed by atoms with Gasteiger partial charge in [-0.15, -0.1) is 0 Å². The molecule has 1 aromatic carbocycles. The van der Waals surface area contributed by atoms with Crippen molar-refractivity contribution in [2.75, 3.05) is 13.2 Å². The molecule has 0 aromatic heterocycles. The summed E-state index contributed by atoms with van der Waals surface area (Å²) in [6.45, 7) is 2.50. The summed E-state index contributed by atoms with van der Waals surface area (Å²) in [5.74, 6) is 0.128. The van der Waals surface area contributed by atoms with Crippen LogP contribution >= 0.6 is 0 Å². The first kappa shape index (κ1) is 13.4. The van der Waals surface area contributed by atoms with Crippen LogP contribution in [0.15, 0.2) is 24.3 Å². The predicted octanol–water partition coefficient (Wildman–Crippen LogP) is 1.06. The maximum Gasteiger partial charge on any atom is 0.223 e. The second-order valence-electron chi connectivity index (χ2n) is 3.76. The van der Waals surface area contributed by atoms with Crippen LogP contribution in [0.3, 0.4) is 0 Å². The number of halogens is 1. The summed E-state index contributed by atoms with van der Waals surface area (Å²) in [4.78, 5) is 11.4. The normalized spacial score (nSPS) is 11.9. The fourth-order valence-corrected chi connectivity index (χ4v) is 1.20. The van der Waals surface area contributed by atoms with Crippen molar-refractivity contribution >= 4 is 5.91 Å². The van der Waals surface area contributed by atoms with E-state index in [1.807, 2.05) is 6.92 Å². The standard InChI is InChI=1S/C12H17FN2O2/c1-9(8-14)15-12(16)6-7-17-11-4-2-10(13)3-5-11/h2-5,9H,6-8,14H2,1H3,(H,15,16). The van der Waals surface area contributed by atoms with Gasteiger partial charge in [-0.3, -0.25) is 4.79 Å². The van der Waals surface area contributed by atoms with E-state index < -0.39 is 0 Å². The van der Waals surface area contributed by atoms with Gasteiger partial charge < -0.3 is 15.8 Å². The van der Waals surface area contributed by atoms with Crippen LogP contribution < -0.4 is 15.8 Å². The highest BCUT2D eigenvalue weighted by molar-refractivity contribution is 5.76. The van der Waals surface area contributed by atoms with E-state index in [0.717, 1.165) is 0 Å². The van der Waals surface area contributed by atoms with Gasteiger partial charge in [-0.1, -0.05) is 0 Å². The van der Waals surface area contributed by atoms with E-state index in [-0.39, 0.29) is 30.8 Å². The van der Waals surface area contributed by atoms with E-state index in [2.05, 4.69) is 5.32 Å². The first-order valence-corrected chi connectivity index (χ1v) is 5.49. The van der Waals surface area contributed by atoms with Crippen LogP contribution in [0.4, 0.5) is 4.39 Å². The van der Waals surface area contributed by atoms with Gasteiger partial charge in [-0.05, 0) is 31.2 Å². The van der Waals surface area contributed by atoms with Gasteiger partial charge in [0.05, 0.1) is 13.0 Å². The van der Waals surface area contributed by atoms with Gasteiger partial charge in [0.25, 0.3) is 0 Å². The Morgan fingerprint density at radius 2 is 2.12 bits per heavy atom. The van der Waals surface area contributed by atoms with Gasteiger partial charge in [0.2, 0.25) is 5.91 Å². The molecular weight excluding hydrogens is 223 g/mol. The summed E-state index contributed by atoms with van der Waals surface area (Å²) in [7, 11) is 0. The van der Waals surface area contributed by atoms with E-state index in [4.69, 9.17) is 10.5 Å². The lowest BCUT2D eigenvalue weighted by Gasteiger charge is -2.11. The molecule has 4 nitrogen and oxygen atoms in total. The lowest BCUT2D eigenvalue weighted by molar-refractivity contribution is -0.122. The third-order valence-corrected chi connectivity index (χ3v) is 2.17. The Hall–Kier alpha value is -1.62. The van der Waals surface area contributed by atoms with Crippen LogP contribution in [0, 0.1) is 5.82 Å². The Labute approximate surface area is 100.0 Å². The maximum absolute atomic E-state index is 12.6.